The van der Waals surface area contributed by atoms with E-state index in [1.165, 1.54) is 7.11 Å². The Kier molecular flexibility index (Phi) is 5.81. The number of morpholine rings is 1. The van der Waals surface area contributed by atoms with Crippen LogP contribution in [0.25, 0.3) is 16.9 Å². The number of amides is 1. The number of rotatable bonds is 3. The lowest BCUT2D eigenvalue weighted by molar-refractivity contribution is -0.0241. The quantitative estimate of drug-likeness (QED) is 0.546. The van der Waals surface area contributed by atoms with E-state index in [1.807, 2.05) is 43.5 Å². The van der Waals surface area contributed by atoms with E-state index in [1.54, 1.807) is 4.90 Å². The molecule has 1 fully saturated rings. The van der Waals surface area contributed by atoms with Gasteiger partial charge in [0.25, 0.3) is 0 Å². The summed E-state index contributed by atoms with van der Waals surface area (Å²) in [6, 6.07) is 9.88. The number of ether oxygens (including phenoxy) is 2. The summed E-state index contributed by atoms with van der Waals surface area (Å²) in [6.45, 7) is 3.52. The Balaban J connectivity index is 1.75. The Morgan fingerprint density at radius 1 is 1.38 bits per heavy atom. The summed E-state index contributed by atoms with van der Waals surface area (Å²) in [6.07, 6.45) is 2.13. The molecule has 0 bridgehead atoms. The van der Waals surface area contributed by atoms with Crippen LogP contribution >= 0.6 is 27.5 Å². The van der Waals surface area contributed by atoms with Crippen molar-refractivity contribution in [2.75, 3.05) is 26.8 Å². The molecule has 6 nitrogen and oxygen atoms in total. The number of carbonyl (C=O) groups is 1. The molecule has 0 N–H and O–H groups in total. The van der Waals surface area contributed by atoms with Crippen molar-refractivity contribution in [3.63, 3.8) is 0 Å². The number of methoxy groups -OCH3 is 1. The number of imidazole rings is 1. The van der Waals surface area contributed by atoms with Crippen LogP contribution in [0.1, 0.15) is 11.3 Å². The van der Waals surface area contributed by atoms with Gasteiger partial charge in [-0.15, -0.1) is 0 Å². The Bertz CT molecular complexity index is 1070. The molecule has 29 heavy (non-hydrogen) atoms. The second-order valence-corrected chi connectivity index (χ2v) is 8.40. The van der Waals surface area contributed by atoms with Crippen molar-refractivity contribution in [1.82, 2.24) is 14.3 Å². The highest BCUT2D eigenvalue weighted by molar-refractivity contribution is 9.10. The van der Waals surface area contributed by atoms with Crippen molar-refractivity contribution >= 4 is 39.3 Å². The number of aromatic nitrogens is 2. The number of pyridine rings is 1. The van der Waals surface area contributed by atoms with Crippen LogP contribution in [-0.2, 0) is 15.9 Å². The van der Waals surface area contributed by atoms with Crippen molar-refractivity contribution in [2.45, 2.75) is 19.4 Å². The molecule has 0 spiro atoms. The van der Waals surface area contributed by atoms with Gasteiger partial charge in [0.2, 0.25) is 0 Å². The summed E-state index contributed by atoms with van der Waals surface area (Å²) in [5, 5.41) is 0.626. The summed E-state index contributed by atoms with van der Waals surface area (Å²) in [5.41, 5.74) is 4.68. The molecular weight excluding hydrogens is 458 g/mol. The molecular formula is C21H21BrClN3O3. The number of carbonyl (C=O) groups excluding carboxylic acids is 1. The van der Waals surface area contributed by atoms with Gasteiger partial charge >= 0.3 is 6.09 Å². The highest BCUT2D eigenvalue weighted by Gasteiger charge is 2.27. The maximum atomic E-state index is 11.9. The zero-order valence-corrected chi connectivity index (χ0v) is 18.5. The normalized spacial score (nSPS) is 17.0. The van der Waals surface area contributed by atoms with Gasteiger partial charge in [-0.1, -0.05) is 33.6 Å². The summed E-state index contributed by atoms with van der Waals surface area (Å²) >= 11 is 10.00. The van der Waals surface area contributed by atoms with Crippen LogP contribution in [0.2, 0.25) is 5.02 Å². The molecule has 0 aliphatic carbocycles. The van der Waals surface area contributed by atoms with Gasteiger partial charge in [0.1, 0.15) is 5.65 Å². The SMILES string of the molecule is COC(=O)N1CCO[C@@H](Cc2c(-c3ccc(Br)cc3Cl)nc3cc(C)ccn23)C1. The predicted molar refractivity (Wildman–Crippen MR) is 115 cm³/mol. The van der Waals surface area contributed by atoms with E-state index in [4.69, 9.17) is 26.1 Å². The third-order valence-corrected chi connectivity index (χ3v) is 5.87. The minimum Gasteiger partial charge on any atom is -0.453 e. The highest BCUT2D eigenvalue weighted by atomic mass is 79.9. The maximum Gasteiger partial charge on any atom is 0.409 e. The Morgan fingerprint density at radius 2 is 2.21 bits per heavy atom. The Hall–Kier alpha value is -2.09. The molecule has 152 valence electrons. The molecule has 2 aromatic heterocycles. The number of hydrogen-bond acceptors (Lipinski definition) is 4. The first kappa shape index (κ1) is 20.2. The number of halogens is 2. The molecule has 1 amide bonds. The molecule has 1 aromatic carbocycles. The predicted octanol–water partition coefficient (Wildman–Crippen LogP) is 4.74. The average molecular weight is 479 g/mol. The largest absolute Gasteiger partial charge is 0.453 e. The van der Waals surface area contributed by atoms with E-state index >= 15 is 0 Å². The minimum absolute atomic E-state index is 0.156. The lowest BCUT2D eigenvalue weighted by Gasteiger charge is -2.32. The van der Waals surface area contributed by atoms with Crippen LogP contribution in [0.3, 0.4) is 0 Å². The van der Waals surface area contributed by atoms with E-state index in [9.17, 15) is 4.79 Å². The van der Waals surface area contributed by atoms with Gasteiger partial charge < -0.3 is 18.8 Å². The molecule has 3 aromatic rings. The molecule has 0 unspecified atom stereocenters. The van der Waals surface area contributed by atoms with Crippen molar-refractivity contribution in [1.29, 1.82) is 0 Å². The Morgan fingerprint density at radius 3 is 2.97 bits per heavy atom. The van der Waals surface area contributed by atoms with Crippen LogP contribution in [-0.4, -0.2) is 53.3 Å². The molecule has 8 heteroatoms. The second kappa shape index (κ2) is 8.34. The lowest BCUT2D eigenvalue weighted by Crippen LogP contribution is -2.46. The fourth-order valence-corrected chi connectivity index (χ4v) is 4.41. The molecule has 0 radical (unpaired) electrons. The first-order valence-corrected chi connectivity index (χ1v) is 10.5. The number of fused-ring (bicyclic) bond motifs is 1. The number of aryl methyl sites for hydroxylation is 1. The molecule has 1 aliphatic heterocycles. The smallest absolute Gasteiger partial charge is 0.409 e. The van der Waals surface area contributed by atoms with Gasteiger partial charge in [0, 0.05) is 29.2 Å². The summed E-state index contributed by atoms with van der Waals surface area (Å²) in [7, 11) is 1.40. The Labute approximate surface area is 182 Å². The zero-order chi connectivity index (χ0) is 20.5. The van der Waals surface area contributed by atoms with Gasteiger partial charge in [-0.05, 0) is 36.8 Å². The van der Waals surface area contributed by atoms with Crippen molar-refractivity contribution in [2.24, 2.45) is 0 Å². The summed E-state index contributed by atoms with van der Waals surface area (Å²) < 4.78 is 13.8. The van der Waals surface area contributed by atoms with E-state index < -0.39 is 0 Å². The second-order valence-electron chi connectivity index (χ2n) is 7.08. The molecule has 1 aliphatic rings. The van der Waals surface area contributed by atoms with Crippen molar-refractivity contribution in [3.8, 4) is 11.3 Å². The number of nitrogens with zero attached hydrogens (tertiary/aromatic N) is 3. The molecule has 1 atom stereocenters. The fourth-order valence-electron chi connectivity index (χ4n) is 3.64. The lowest BCUT2D eigenvalue weighted by atomic mass is 10.1. The number of hydrogen-bond donors (Lipinski definition) is 0. The van der Waals surface area contributed by atoms with Crippen LogP contribution < -0.4 is 0 Å². The van der Waals surface area contributed by atoms with Gasteiger partial charge in [0.15, 0.2) is 0 Å². The third kappa shape index (κ3) is 4.13. The number of benzene rings is 1. The van der Waals surface area contributed by atoms with E-state index in [0.29, 0.717) is 31.1 Å². The minimum atomic E-state index is -0.330. The zero-order valence-electron chi connectivity index (χ0n) is 16.2. The first-order valence-electron chi connectivity index (χ1n) is 9.33. The van der Waals surface area contributed by atoms with Gasteiger partial charge in [-0.25, -0.2) is 9.78 Å². The third-order valence-electron chi connectivity index (χ3n) is 5.06. The van der Waals surface area contributed by atoms with Gasteiger partial charge in [-0.2, -0.15) is 0 Å². The van der Waals surface area contributed by atoms with E-state index in [-0.39, 0.29) is 12.2 Å². The molecule has 3 heterocycles. The van der Waals surface area contributed by atoms with Crippen molar-refractivity contribution < 1.29 is 14.3 Å². The first-order chi connectivity index (χ1) is 14.0. The van der Waals surface area contributed by atoms with Crippen LogP contribution in [0.15, 0.2) is 41.0 Å². The summed E-state index contributed by atoms with van der Waals surface area (Å²) in [5.74, 6) is 0. The standard InChI is InChI=1S/C21H21BrClN3O3/c1-13-5-6-26-18(11-15-12-25(7-8-29-15)21(27)28-2)20(24-19(26)9-13)16-4-3-14(22)10-17(16)23/h3-6,9-10,15H,7-8,11-12H2,1-2H3/t15-/m0/s1. The molecule has 0 saturated carbocycles. The molecule has 1 saturated heterocycles. The monoisotopic (exact) mass is 477 g/mol. The molecule has 4 rings (SSSR count). The van der Waals surface area contributed by atoms with Crippen LogP contribution in [0.4, 0.5) is 4.79 Å². The van der Waals surface area contributed by atoms with Crippen LogP contribution in [0.5, 0.6) is 0 Å². The van der Waals surface area contributed by atoms with Gasteiger partial charge in [-0.3, -0.25) is 0 Å². The fraction of sp³-hybridized carbons (Fsp3) is 0.333. The average Bonchev–Trinajstić information content (AvgIpc) is 3.04. The topological polar surface area (TPSA) is 56.1 Å². The van der Waals surface area contributed by atoms with Crippen molar-refractivity contribution in [3.05, 3.63) is 57.3 Å². The maximum absolute atomic E-state index is 11.9. The van der Waals surface area contributed by atoms with E-state index in [2.05, 4.69) is 20.3 Å². The van der Waals surface area contributed by atoms with Crippen LogP contribution in [0, 0.1) is 6.92 Å². The highest BCUT2D eigenvalue weighted by Crippen LogP contribution is 2.34. The summed E-state index contributed by atoms with van der Waals surface area (Å²) in [4.78, 5) is 18.5. The van der Waals surface area contributed by atoms with Gasteiger partial charge in [0.05, 0.1) is 42.8 Å². The van der Waals surface area contributed by atoms with E-state index in [0.717, 1.165) is 32.6 Å².